The highest BCUT2D eigenvalue weighted by atomic mass is 35.5. The summed E-state index contributed by atoms with van der Waals surface area (Å²) in [7, 11) is 0. The maximum absolute atomic E-state index is 13.5. The van der Waals surface area contributed by atoms with Gasteiger partial charge in [0.05, 0.1) is 6.04 Å². The Kier molecular flexibility index (Phi) is 2.54. The number of nitrogens with zero attached hydrogens (tertiary/aromatic N) is 3. The maximum atomic E-state index is 13.5. The molecule has 0 unspecified atom stereocenters. The molecule has 0 saturated carbocycles. The summed E-state index contributed by atoms with van der Waals surface area (Å²) in [6.45, 7) is 0. The third kappa shape index (κ3) is 1.64. The van der Waals surface area contributed by atoms with Gasteiger partial charge >= 0.3 is 0 Å². The van der Waals surface area contributed by atoms with Crippen LogP contribution in [-0.2, 0) is 6.42 Å². The van der Waals surface area contributed by atoms with Crippen LogP contribution in [0.1, 0.15) is 23.9 Å². The van der Waals surface area contributed by atoms with Crippen LogP contribution < -0.4 is 0 Å². The smallest absolute Gasteiger partial charge is 0.167 e. The van der Waals surface area contributed by atoms with E-state index in [0.717, 1.165) is 18.7 Å². The van der Waals surface area contributed by atoms with E-state index in [0.29, 0.717) is 11.2 Å². The van der Waals surface area contributed by atoms with E-state index in [1.807, 2.05) is 18.2 Å². The Hall–Kier alpha value is -1.94. The first-order valence-electron chi connectivity index (χ1n) is 6.52. The number of halogens is 2. The van der Waals surface area contributed by atoms with Crippen LogP contribution in [0, 0.1) is 5.82 Å². The molecule has 1 aromatic carbocycles. The van der Waals surface area contributed by atoms with Crippen molar-refractivity contribution in [2.75, 3.05) is 0 Å². The van der Waals surface area contributed by atoms with E-state index in [1.165, 1.54) is 11.6 Å². The number of rotatable bonds is 1. The van der Waals surface area contributed by atoms with Gasteiger partial charge in [-0.15, -0.1) is 0 Å². The molecular weight excluding hydrogens is 277 g/mol. The van der Waals surface area contributed by atoms with Crippen LogP contribution in [0.5, 0.6) is 0 Å². The topological polar surface area (TPSA) is 30.7 Å². The quantitative estimate of drug-likeness (QED) is 0.638. The van der Waals surface area contributed by atoms with Gasteiger partial charge in [0.1, 0.15) is 11.3 Å². The number of aryl methyl sites for hydroxylation is 1. The second-order valence-corrected chi connectivity index (χ2v) is 5.32. The fourth-order valence-corrected chi connectivity index (χ4v) is 3.05. The lowest BCUT2D eigenvalue weighted by atomic mass is 10.0. The predicted octanol–water partition coefficient (Wildman–Crippen LogP) is 3.76. The lowest BCUT2D eigenvalue weighted by Crippen LogP contribution is -2.06. The van der Waals surface area contributed by atoms with Gasteiger partial charge in [-0.1, -0.05) is 41.9 Å². The van der Waals surface area contributed by atoms with Crippen molar-refractivity contribution >= 4 is 22.8 Å². The minimum absolute atomic E-state index is 0.0982. The van der Waals surface area contributed by atoms with Gasteiger partial charge < -0.3 is 4.57 Å². The minimum atomic E-state index is -0.521. The third-order valence-electron chi connectivity index (χ3n) is 3.79. The number of hydrogen-bond acceptors (Lipinski definition) is 2. The molecule has 1 atom stereocenters. The molecule has 1 aliphatic rings. The van der Waals surface area contributed by atoms with Gasteiger partial charge in [0, 0.05) is 12.5 Å². The summed E-state index contributed by atoms with van der Waals surface area (Å²) in [4.78, 5) is 8.65. The van der Waals surface area contributed by atoms with Crippen molar-refractivity contribution < 1.29 is 4.39 Å². The molecule has 3 nitrogen and oxygen atoms in total. The summed E-state index contributed by atoms with van der Waals surface area (Å²) in [5.74, 6) is 0.426. The third-order valence-corrected chi connectivity index (χ3v) is 4.05. The monoisotopic (exact) mass is 287 g/mol. The molecule has 0 bridgehead atoms. The van der Waals surface area contributed by atoms with Crippen LogP contribution in [0.25, 0.3) is 11.2 Å². The predicted molar refractivity (Wildman–Crippen MR) is 75.4 cm³/mol. The normalized spacial score (nSPS) is 17.6. The molecule has 2 aromatic heterocycles. The molecular formula is C15H11ClFN3. The van der Waals surface area contributed by atoms with E-state index in [4.69, 9.17) is 11.6 Å². The zero-order chi connectivity index (χ0) is 13.7. The van der Waals surface area contributed by atoms with Crippen molar-refractivity contribution in [3.63, 3.8) is 0 Å². The van der Waals surface area contributed by atoms with Crippen LogP contribution in [0.2, 0.25) is 5.15 Å². The molecule has 20 heavy (non-hydrogen) atoms. The molecule has 0 spiro atoms. The highest BCUT2D eigenvalue weighted by Gasteiger charge is 2.28. The van der Waals surface area contributed by atoms with Crippen molar-refractivity contribution in [3.8, 4) is 0 Å². The number of hydrogen-bond donors (Lipinski definition) is 0. The molecule has 5 heteroatoms. The number of imidazole rings is 1. The van der Waals surface area contributed by atoms with Gasteiger partial charge in [0.2, 0.25) is 0 Å². The summed E-state index contributed by atoms with van der Waals surface area (Å²) in [6, 6.07) is 11.8. The van der Waals surface area contributed by atoms with Crippen molar-refractivity contribution in [1.29, 1.82) is 0 Å². The van der Waals surface area contributed by atoms with E-state index in [2.05, 4.69) is 26.7 Å². The maximum Gasteiger partial charge on any atom is 0.167 e. The summed E-state index contributed by atoms with van der Waals surface area (Å²) in [6.07, 6.45) is 1.86. The first kappa shape index (κ1) is 11.9. The lowest BCUT2D eigenvalue weighted by Gasteiger charge is -2.14. The SMILES string of the molecule is Fc1cc2nc3n(c2nc1Cl)[C@@H](c1ccccc1)CC3. The largest absolute Gasteiger partial charge is 0.305 e. The van der Waals surface area contributed by atoms with Gasteiger partial charge in [-0.25, -0.2) is 14.4 Å². The van der Waals surface area contributed by atoms with Crippen LogP contribution in [0.4, 0.5) is 4.39 Å². The highest BCUT2D eigenvalue weighted by Crippen LogP contribution is 2.35. The second-order valence-electron chi connectivity index (χ2n) is 4.97. The fourth-order valence-electron chi connectivity index (χ4n) is 2.91. The molecule has 0 radical (unpaired) electrons. The Balaban J connectivity index is 1.94. The van der Waals surface area contributed by atoms with Gasteiger partial charge in [0.15, 0.2) is 16.6 Å². The van der Waals surface area contributed by atoms with Crippen LogP contribution in [-0.4, -0.2) is 14.5 Å². The minimum Gasteiger partial charge on any atom is -0.305 e. The Morgan fingerprint density at radius 3 is 2.80 bits per heavy atom. The summed E-state index contributed by atoms with van der Waals surface area (Å²) in [5.41, 5.74) is 2.45. The Morgan fingerprint density at radius 1 is 1.20 bits per heavy atom. The molecule has 0 saturated heterocycles. The molecule has 100 valence electrons. The summed E-state index contributed by atoms with van der Waals surface area (Å²) < 4.78 is 15.6. The van der Waals surface area contributed by atoms with Crippen LogP contribution >= 0.6 is 11.6 Å². The number of fused-ring (bicyclic) bond motifs is 3. The first-order chi connectivity index (χ1) is 9.74. The molecule has 3 aromatic rings. The van der Waals surface area contributed by atoms with E-state index in [-0.39, 0.29) is 11.2 Å². The lowest BCUT2D eigenvalue weighted by molar-refractivity contribution is 0.617. The number of aromatic nitrogens is 3. The van der Waals surface area contributed by atoms with Crippen molar-refractivity contribution in [2.24, 2.45) is 0 Å². The summed E-state index contributed by atoms with van der Waals surface area (Å²) in [5, 5.41) is -0.0982. The van der Waals surface area contributed by atoms with Gasteiger partial charge in [-0.3, -0.25) is 0 Å². The van der Waals surface area contributed by atoms with Gasteiger partial charge in [0.25, 0.3) is 0 Å². The average Bonchev–Trinajstić information content (AvgIpc) is 3.00. The highest BCUT2D eigenvalue weighted by molar-refractivity contribution is 6.29. The molecule has 0 amide bonds. The van der Waals surface area contributed by atoms with E-state index < -0.39 is 5.82 Å². The molecule has 3 heterocycles. The first-order valence-corrected chi connectivity index (χ1v) is 6.89. The van der Waals surface area contributed by atoms with Crippen molar-refractivity contribution in [3.05, 3.63) is 58.8 Å². The van der Waals surface area contributed by atoms with Gasteiger partial charge in [-0.05, 0) is 12.0 Å². The van der Waals surface area contributed by atoms with Crippen LogP contribution in [0.15, 0.2) is 36.4 Å². The molecule has 0 aliphatic carbocycles. The standard InChI is InChI=1S/C15H11ClFN3/c16-14-10(17)8-11-15(19-14)20-12(6-7-13(20)18-11)9-4-2-1-3-5-9/h1-5,8,12H,6-7H2/t12-/m1/s1. The summed E-state index contributed by atoms with van der Waals surface area (Å²) >= 11 is 5.81. The van der Waals surface area contributed by atoms with Crippen LogP contribution in [0.3, 0.4) is 0 Å². The number of benzene rings is 1. The zero-order valence-electron chi connectivity index (χ0n) is 10.6. The van der Waals surface area contributed by atoms with E-state index >= 15 is 0 Å². The Morgan fingerprint density at radius 2 is 2.00 bits per heavy atom. The zero-order valence-corrected chi connectivity index (χ0v) is 11.3. The molecule has 1 aliphatic heterocycles. The fraction of sp³-hybridized carbons (Fsp3) is 0.200. The van der Waals surface area contributed by atoms with Crippen molar-refractivity contribution in [2.45, 2.75) is 18.9 Å². The second kappa shape index (κ2) is 4.28. The van der Waals surface area contributed by atoms with Gasteiger partial charge in [-0.2, -0.15) is 0 Å². The molecule has 0 N–H and O–H groups in total. The Bertz CT molecular complexity index is 798. The van der Waals surface area contributed by atoms with E-state index in [9.17, 15) is 4.39 Å². The number of pyridine rings is 1. The Labute approximate surface area is 120 Å². The average molecular weight is 288 g/mol. The van der Waals surface area contributed by atoms with E-state index in [1.54, 1.807) is 0 Å². The van der Waals surface area contributed by atoms with Crippen molar-refractivity contribution in [1.82, 2.24) is 14.5 Å². The molecule has 0 fully saturated rings. The molecule has 4 rings (SSSR count).